The normalized spacial score (nSPS) is 13.9. The van der Waals surface area contributed by atoms with E-state index >= 15 is 0 Å². The molecule has 10 heteroatoms. The number of anilines is 1. The fourth-order valence-corrected chi connectivity index (χ4v) is 3.95. The average molecular weight is 460 g/mol. The van der Waals surface area contributed by atoms with Crippen molar-refractivity contribution in [1.29, 1.82) is 0 Å². The molecule has 0 amide bonds. The summed E-state index contributed by atoms with van der Waals surface area (Å²) in [5.74, 6) is -4.83. The highest BCUT2D eigenvalue weighted by atomic mass is 19.2. The summed E-state index contributed by atoms with van der Waals surface area (Å²) >= 11 is 0. The van der Waals surface area contributed by atoms with Crippen molar-refractivity contribution in [3.8, 4) is 0 Å². The first-order valence-electron chi connectivity index (χ1n) is 10.8. The Bertz CT molecular complexity index is 1130. The molecule has 2 N–H and O–H groups in total. The van der Waals surface area contributed by atoms with E-state index in [0.29, 0.717) is 12.2 Å². The highest BCUT2D eigenvalue weighted by Crippen LogP contribution is 2.27. The first kappa shape index (κ1) is 22.8. The van der Waals surface area contributed by atoms with Crippen LogP contribution in [0.3, 0.4) is 0 Å². The van der Waals surface area contributed by atoms with Crippen LogP contribution in [0.2, 0.25) is 0 Å². The number of aromatic nitrogens is 3. The number of carboxylic acid groups (broad SMARTS) is 1. The van der Waals surface area contributed by atoms with Gasteiger partial charge in [0.25, 0.3) is 0 Å². The van der Waals surface area contributed by atoms with Crippen LogP contribution in [0, 0.1) is 17.5 Å². The molecule has 0 bridgehead atoms. The molecule has 0 fully saturated rings. The van der Waals surface area contributed by atoms with Crippen molar-refractivity contribution >= 4 is 11.8 Å². The Morgan fingerprint density at radius 1 is 1.15 bits per heavy atom. The van der Waals surface area contributed by atoms with Crippen molar-refractivity contribution < 1.29 is 27.6 Å². The Balaban J connectivity index is 1.38. The number of aliphatic carboxylic acids is 1. The van der Waals surface area contributed by atoms with Gasteiger partial charge in [-0.25, -0.2) is 18.2 Å². The van der Waals surface area contributed by atoms with Crippen LogP contribution in [-0.2, 0) is 30.5 Å². The van der Waals surface area contributed by atoms with E-state index in [1.165, 1.54) is 5.56 Å². The Kier molecular flexibility index (Phi) is 6.90. The maximum absolute atomic E-state index is 13.6. The predicted molar refractivity (Wildman–Crippen MR) is 112 cm³/mol. The largest absolute Gasteiger partial charge is 0.481 e. The van der Waals surface area contributed by atoms with E-state index in [0.717, 1.165) is 55.9 Å². The van der Waals surface area contributed by atoms with Gasteiger partial charge in [-0.15, -0.1) is 0 Å². The number of benzene rings is 1. The van der Waals surface area contributed by atoms with Crippen molar-refractivity contribution in [3.05, 3.63) is 70.3 Å². The number of aryl methyl sites for hydroxylation is 3. The van der Waals surface area contributed by atoms with Gasteiger partial charge < -0.3 is 14.9 Å². The molecule has 1 unspecified atom stereocenters. The number of carboxylic acids is 1. The maximum atomic E-state index is 13.6. The predicted octanol–water partition coefficient (Wildman–Crippen LogP) is 4.22. The molecule has 2 aromatic heterocycles. The molecule has 0 radical (unpaired) electrons. The first-order valence-corrected chi connectivity index (χ1v) is 10.8. The van der Waals surface area contributed by atoms with E-state index in [4.69, 9.17) is 4.52 Å². The molecule has 174 valence electrons. The van der Waals surface area contributed by atoms with E-state index in [-0.39, 0.29) is 17.9 Å². The zero-order chi connectivity index (χ0) is 23.4. The fraction of sp³-hybridized carbons (Fsp3) is 0.391. The van der Waals surface area contributed by atoms with E-state index < -0.39 is 35.8 Å². The molecule has 1 aromatic carbocycles. The number of rotatable bonds is 9. The molecule has 0 spiro atoms. The summed E-state index contributed by atoms with van der Waals surface area (Å²) in [4.78, 5) is 20.2. The average Bonchev–Trinajstić information content (AvgIpc) is 3.23. The molecule has 7 nitrogen and oxygen atoms in total. The Morgan fingerprint density at radius 3 is 2.70 bits per heavy atom. The summed E-state index contributed by atoms with van der Waals surface area (Å²) in [5.41, 5.74) is 2.21. The maximum Gasteiger partial charge on any atom is 0.303 e. The number of hydrogen-bond acceptors (Lipinski definition) is 6. The summed E-state index contributed by atoms with van der Waals surface area (Å²) in [7, 11) is 0. The van der Waals surface area contributed by atoms with E-state index in [1.54, 1.807) is 0 Å². The molecule has 0 aliphatic carbocycles. The summed E-state index contributed by atoms with van der Waals surface area (Å²) < 4.78 is 45.8. The third-order valence-corrected chi connectivity index (χ3v) is 5.61. The van der Waals surface area contributed by atoms with Gasteiger partial charge in [-0.3, -0.25) is 4.79 Å². The van der Waals surface area contributed by atoms with E-state index in [9.17, 15) is 23.1 Å². The van der Waals surface area contributed by atoms with E-state index in [2.05, 4.69) is 26.5 Å². The topological polar surface area (TPSA) is 101 Å². The smallest absolute Gasteiger partial charge is 0.303 e. The molecule has 1 aliphatic rings. The Morgan fingerprint density at radius 2 is 1.94 bits per heavy atom. The first-order chi connectivity index (χ1) is 15.9. The van der Waals surface area contributed by atoms with Crippen LogP contribution in [0.1, 0.15) is 53.7 Å². The van der Waals surface area contributed by atoms with Crippen molar-refractivity contribution in [1.82, 2.24) is 15.1 Å². The van der Waals surface area contributed by atoms with Crippen LogP contribution in [0.4, 0.5) is 19.0 Å². The SMILES string of the molecule is O=C(O)CC(Cc1nc(CCCc2ccc3c(n2)NCCC3)no1)c1cc(F)c(F)c(F)c1. The Labute approximate surface area is 188 Å². The van der Waals surface area contributed by atoms with Gasteiger partial charge in [-0.2, -0.15) is 4.98 Å². The highest BCUT2D eigenvalue weighted by molar-refractivity contribution is 5.68. The minimum Gasteiger partial charge on any atom is -0.481 e. The number of hydrogen-bond donors (Lipinski definition) is 2. The number of fused-ring (bicyclic) bond motifs is 1. The van der Waals surface area contributed by atoms with Gasteiger partial charge in [-0.1, -0.05) is 11.2 Å². The summed E-state index contributed by atoms with van der Waals surface area (Å²) in [6, 6.07) is 5.71. The molecule has 0 saturated heterocycles. The fourth-order valence-electron chi connectivity index (χ4n) is 3.95. The standard InChI is InChI=1S/C23H23F3N4O3/c24-17-9-14(10-18(25)22(17)26)15(12-21(31)32)11-20-29-19(30-33-20)5-1-4-16-7-6-13-3-2-8-27-23(13)28-16/h6-7,9-10,15H,1-5,8,11-12H2,(H,27,28)(H,31,32). The summed E-state index contributed by atoms with van der Waals surface area (Å²) in [6.07, 6.45) is 3.65. The van der Waals surface area contributed by atoms with Gasteiger partial charge in [0, 0.05) is 31.0 Å². The third kappa shape index (κ3) is 5.68. The summed E-state index contributed by atoms with van der Waals surface area (Å²) in [5, 5.41) is 16.4. The zero-order valence-corrected chi connectivity index (χ0v) is 17.8. The van der Waals surface area contributed by atoms with E-state index in [1.807, 2.05) is 6.07 Å². The molecule has 0 saturated carbocycles. The number of halogens is 3. The lowest BCUT2D eigenvalue weighted by Gasteiger charge is -2.17. The number of carbonyl (C=O) groups is 1. The van der Waals surface area contributed by atoms with Gasteiger partial charge in [0.1, 0.15) is 5.82 Å². The second-order valence-electron chi connectivity index (χ2n) is 8.10. The Hall–Kier alpha value is -3.43. The van der Waals surface area contributed by atoms with Crippen molar-refractivity contribution in [2.45, 2.75) is 50.9 Å². The van der Waals surface area contributed by atoms with Crippen LogP contribution < -0.4 is 5.32 Å². The minimum atomic E-state index is -1.60. The monoisotopic (exact) mass is 460 g/mol. The summed E-state index contributed by atoms with van der Waals surface area (Å²) in [6.45, 7) is 0.926. The molecule has 3 heterocycles. The quantitative estimate of drug-likeness (QED) is 0.461. The van der Waals surface area contributed by atoms with Crippen molar-refractivity contribution in [2.75, 3.05) is 11.9 Å². The highest BCUT2D eigenvalue weighted by Gasteiger charge is 2.23. The van der Waals surface area contributed by atoms with Crippen LogP contribution in [0.5, 0.6) is 0 Å². The van der Waals surface area contributed by atoms with Crippen LogP contribution in [0.25, 0.3) is 0 Å². The number of pyridine rings is 1. The zero-order valence-electron chi connectivity index (χ0n) is 17.8. The lowest BCUT2D eigenvalue weighted by molar-refractivity contribution is -0.137. The molecular weight excluding hydrogens is 437 g/mol. The minimum absolute atomic E-state index is 0.0145. The van der Waals surface area contributed by atoms with Gasteiger partial charge in [-0.05, 0) is 55.0 Å². The molecule has 3 aromatic rings. The lowest BCUT2D eigenvalue weighted by atomic mass is 9.92. The van der Waals surface area contributed by atoms with Crippen LogP contribution in [-0.4, -0.2) is 32.7 Å². The van der Waals surface area contributed by atoms with Crippen LogP contribution in [0.15, 0.2) is 28.8 Å². The second kappa shape index (κ2) is 10.0. The van der Waals surface area contributed by atoms with Crippen molar-refractivity contribution in [2.24, 2.45) is 0 Å². The van der Waals surface area contributed by atoms with Gasteiger partial charge in [0.2, 0.25) is 5.89 Å². The van der Waals surface area contributed by atoms with Crippen molar-refractivity contribution in [3.63, 3.8) is 0 Å². The number of nitrogens with zero attached hydrogens (tertiary/aromatic N) is 3. The third-order valence-electron chi connectivity index (χ3n) is 5.61. The van der Waals surface area contributed by atoms with Gasteiger partial charge in [0.15, 0.2) is 23.3 Å². The molecule has 33 heavy (non-hydrogen) atoms. The van der Waals surface area contributed by atoms with Gasteiger partial charge in [0.05, 0.1) is 6.42 Å². The van der Waals surface area contributed by atoms with Gasteiger partial charge >= 0.3 is 5.97 Å². The number of nitrogens with one attached hydrogen (secondary N) is 1. The lowest BCUT2D eigenvalue weighted by Crippen LogP contribution is -2.14. The molecule has 1 aliphatic heterocycles. The molecule has 1 atom stereocenters. The van der Waals surface area contributed by atoms with Crippen LogP contribution >= 0.6 is 0 Å². The molecule has 4 rings (SSSR count). The molecular formula is C23H23F3N4O3. The second-order valence-corrected chi connectivity index (χ2v) is 8.10.